The molecule has 0 spiro atoms. The van der Waals surface area contributed by atoms with Gasteiger partial charge in [0.15, 0.2) is 5.16 Å². The lowest BCUT2D eigenvalue weighted by atomic mass is 9.97. The van der Waals surface area contributed by atoms with Gasteiger partial charge >= 0.3 is 5.97 Å². The number of piperidine rings is 1. The van der Waals surface area contributed by atoms with Crippen LogP contribution in [0.5, 0.6) is 0 Å². The highest BCUT2D eigenvalue weighted by Gasteiger charge is 2.31. The van der Waals surface area contributed by atoms with E-state index in [4.69, 9.17) is 4.74 Å². The Morgan fingerprint density at radius 2 is 2.07 bits per heavy atom. The van der Waals surface area contributed by atoms with E-state index in [-0.39, 0.29) is 23.0 Å². The number of carbonyl (C=O) groups excluding carboxylic acids is 2. The molecule has 2 aromatic heterocycles. The summed E-state index contributed by atoms with van der Waals surface area (Å²) in [5.41, 5.74) is 1.85. The number of benzene rings is 1. The molecule has 1 aromatic carbocycles. The fourth-order valence-corrected chi connectivity index (χ4v) is 4.54. The van der Waals surface area contributed by atoms with Gasteiger partial charge in [0.2, 0.25) is 11.7 Å². The third kappa shape index (κ3) is 3.46. The number of carbonyl (C=O) groups is 2. The highest BCUT2D eigenvalue weighted by atomic mass is 32.2. The molecule has 1 aliphatic heterocycles. The number of thioether (sulfide) groups is 1. The van der Waals surface area contributed by atoms with Gasteiger partial charge in [-0.15, -0.1) is 5.10 Å². The van der Waals surface area contributed by atoms with Crippen molar-refractivity contribution in [3.05, 3.63) is 24.3 Å². The van der Waals surface area contributed by atoms with E-state index < -0.39 is 0 Å². The number of fused-ring (bicyclic) bond motifs is 3. The van der Waals surface area contributed by atoms with E-state index in [9.17, 15) is 9.59 Å². The van der Waals surface area contributed by atoms with Crippen molar-refractivity contribution in [1.82, 2.24) is 24.5 Å². The van der Waals surface area contributed by atoms with Gasteiger partial charge in [0.25, 0.3) is 0 Å². The lowest BCUT2D eigenvalue weighted by Gasteiger charge is -2.32. The van der Waals surface area contributed by atoms with E-state index in [1.165, 1.54) is 11.8 Å². The summed E-state index contributed by atoms with van der Waals surface area (Å²) < 4.78 is 7.04. The lowest BCUT2D eigenvalue weighted by molar-refractivity contribution is -0.151. The average molecular weight is 401 g/mol. The number of hydrogen-bond donors (Lipinski definition) is 1. The molecule has 0 radical (unpaired) electrons. The summed E-state index contributed by atoms with van der Waals surface area (Å²) in [7, 11) is 0. The Hall–Kier alpha value is -2.55. The van der Waals surface area contributed by atoms with Crippen LogP contribution < -0.4 is 0 Å². The summed E-state index contributed by atoms with van der Waals surface area (Å²) in [6.45, 7) is 5.26. The first-order chi connectivity index (χ1) is 13.6. The maximum absolute atomic E-state index is 12.9. The van der Waals surface area contributed by atoms with Crippen molar-refractivity contribution in [2.24, 2.45) is 5.92 Å². The second-order valence-electron chi connectivity index (χ2n) is 6.88. The van der Waals surface area contributed by atoms with Crippen LogP contribution in [0.2, 0.25) is 0 Å². The van der Waals surface area contributed by atoms with Gasteiger partial charge in [0, 0.05) is 13.1 Å². The summed E-state index contributed by atoms with van der Waals surface area (Å²) in [6, 6.07) is 7.84. The van der Waals surface area contributed by atoms with Gasteiger partial charge in [-0.2, -0.15) is 0 Å². The van der Waals surface area contributed by atoms with Crippen molar-refractivity contribution in [3.63, 3.8) is 0 Å². The first-order valence-electron chi connectivity index (χ1n) is 9.52. The van der Waals surface area contributed by atoms with Gasteiger partial charge in [-0.3, -0.25) is 14.0 Å². The maximum Gasteiger partial charge on any atom is 0.309 e. The van der Waals surface area contributed by atoms with Crippen LogP contribution in [0.3, 0.4) is 0 Å². The summed E-state index contributed by atoms with van der Waals surface area (Å²) >= 11 is 1.41. The Labute approximate surface area is 166 Å². The van der Waals surface area contributed by atoms with Crippen molar-refractivity contribution >= 4 is 40.4 Å². The summed E-state index contributed by atoms with van der Waals surface area (Å²) in [6.07, 6.45) is 1.31. The number of para-hydroxylation sites is 2. The molecule has 1 fully saturated rings. The zero-order valence-electron chi connectivity index (χ0n) is 15.9. The standard InChI is InChI=1S/C19H23N5O3S/c1-3-27-17(26)13-8-10-23(11-9-13)16(25)12(2)28-19-22-21-18-20-14-6-4-5-7-15(14)24(18)19/h4-7,12-13H,3,8-11H2,1-2H3,(H,20,21)/t12-/m0/s1. The molecule has 4 rings (SSSR count). The van der Waals surface area contributed by atoms with Crippen LogP contribution in [-0.2, 0) is 14.3 Å². The minimum atomic E-state index is -0.285. The number of likely N-dealkylation sites (tertiary alicyclic amines) is 1. The van der Waals surface area contributed by atoms with Gasteiger partial charge in [-0.1, -0.05) is 23.9 Å². The van der Waals surface area contributed by atoms with Crippen molar-refractivity contribution in [2.75, 3.05) is 19.7 Å². The van der Waals surface area contributed by atoms with Crippen molar-refractivity contribution in [2.45, 2.75) is 37.1 Å². The lowest BCUT2D eigenvalue weighted by Crippen LogP contribution is -2.43. The third-order valence-corrected chi connectivity index (χ3v) is 6.10. The molecule has 1 saturated heterocycles. The molecule has 1 aliphatic rings. The fraction of sp³-hybridized carbons (Fsp3) is 0.474. The van der Waals surface area contributed by atoms with E-state index in [0.29, 0.717) is 43.5 Å². The summed E-state index contributed by atoms with van der Waals surface area (Å²) in [5, 5.41) is 7.70. The maximum atomic E-state index is 12.9. The van der Waals surface area contributed by atoms with Crippen LogP contribution in [0, 0.1) is 5.92 Å². The molecule has 0 aliphatic carbocycles. The quantitative estimate of drug-likeness (QED) is 0.522. The number of amides is 1. The first-order valence-corrected chi connectivity index (χ1v) is 10.4. The Morgan fingerprint density at radius 3 is 2.82 bits per heavy atom. The van der Waals surface area contributed by atoms with Crippen molar-refractivity contribution in [3.8, 4) is 0 Å². The van der Waals surface area contributed by atoms with Crippen LogP contribution in [0.15, 0.2) is 29.4 Å². The number of aromatic nitrogens is 4. The number of nitrogens with one attached hydrogen (secondary N) is 1. The molecule has 9 heteroatoms. The molecule has 148 valence electrons. The Bertz CT molecular complexity index is 1010. The van der Waals surface area contributed by atoms with Gasteiger partial charge in [0.05, 0.1) is 28.8 Å². The molecule has 0 saturated carbocycles. The second-order valence-corrected chi connectivity index (χ2v) is 8.19. The van der Waals surface area contributed by atoms with E-state index in [0.717, 1.165) is 11.0 Å². The van der Waals surface area contributed by atoms with Crippen molar-refractivity contribution < 1.29 is 14.3 Å². The number of H-pyrrole nitrogens is 1. The second kappa shape index (κ2) is 7.83. The minimum absolute atomic E-state index is 0.0629. The monoisotopic (exact) mass is 401 g/mol. The Balaban J connectivity index is 1.43. The molecule has 28 heavy (non-hydrogen) atoms. The van der Waals surface area contributed by atoms with Gasteiger partial charge in [-0.25, -0.2) is 10.1 Å². The fourth-order valence-electron chi connectivity index (χ4n) is 3.58. The normalized spacial score (nSPS) is 16.6. The zero-order valence-corrected chi connectivity index (χ0v) is 16.7. The molecule has 1 N–H and O–H groups in total. The zero-order chi connectivity index (χ0) is 19.7. The highest BCUT2D eigenvalue weighted by Crippen LogP contribution is 2.28. The first kappa shape index (κ1) is 18.8. The smallest absolute Gasteiger partial charge is 0.309 e. The van der Waals surface area contributed by atoms with Crippen LogP contribution in [0.4, 0.5) is 0 Å². The van der Waals surface area contributed by atoms with Crippen LogP contribution in [0.25, 0.3) is 16.8 Å². The van der Waals surface area contributed by atoms with Crippen LogP contribution in [0.1, 0.15) is 26.7 Å². The molecule has 0 unspecified atom stereocenters. The predicted molar refractivity (Wildman–Crippen MR) is 106 cm³/mol. The molecular weight excluding hydrogens is 378 g/mol. The summed E-state index contributed by atoms with van der Waals surface area (Å²) in [4.78, 5) is 31.1. The molecule has 1 amide bonds. The number of ether oxygens (including phenoxy) is 1. The number of imidazole rings is 1. The summed E-state index contributed by atoms with van der Waals surface area (Å²) in [5.74, 6) is 0.477. The average Bonchev–Trinajstić information content (AvgIpc) is 3.27. The number of rotatable bonds is 5. The van der Waals surface area contributed by atoms with Crippen LogP contribution in [-0.4, -0.2) is 61.3 Å². The van der Waals surface area contributed by atoms with E-state index >= 15 is 0 Å². The number of aromatic amines is 1. The number of nitrogens with zero attached hydrogens (tertiary/aromatic N) is 4. The van der Waals surface area contributed by atoms with E-state index in [1.807, 2.05) is 47.4 Å². The van der Waals surface area contributed by atoms with E-state index in [1.54, 1.807) is 0 Å². The molecule has 3 heterocycles. The number of hydrogen-bond acceptors (Lipinski definition) is 6. The largest absolute Gasteiger partial charge is 0.466 e. The molecular formula is C19H23N5O3S. The van der Waals surface area contributed by atoms with Gasteiger partial charge < -0.3 is 9.64 Å². The Morgan fingerprint density at radius 1 is 1.32 bits per heavy atom. The van der Waals surface area contributed by atoms with Gasteiger partial charge in [0.1, 0.15) is 0 Å². The van der Waals surface area contributed by atoms with Gasteiger partial charge in [-0.05, 0) is 38.8 Å². The predicted octanol–water partition coefficient (Wildman–Crippen LogP) is 2.49. The SMILES string of the molecule is CCOC(=O)C1CCN(C(=O)[C@H](C)Sc2n[nH]c3nc4ccccc4n23)CC1. The highest BCUT2D eigenvalue weighted by molar-refractivity contribution is 8.00. The van der Waals surface area contributed by atoms with E-state index in [2.05, 4.69) is 15.2 Å². The molecule has 3 aromatic rings. The minimum Gasteiger partial charge on any atom is -0.466 e. The Kier molecular flexibility index (Phi) is 5.25. The topological polar surface area (TPSA) is 92.6 Å². The molecule has 8 nitrogen and oxygen atoms in total. The molecule has 1 atom stereocenters. The molecule has 0 bridgehead atoms. The van der Waals surface area contributed by atoms with Crippen molar-refractivity contribution in [1.29, 1.82) is 0 Å². The number of esters is 1. The third-order valence-electron chi connectivity index (χ3n) is 5.06. The van der Waals surface area contributed by atoms with Crippen LogP contribution >= 0.6 is 11.8 Å².